The maximum atomic E-state index is 12.8. The number of urea groups is 1. The van der Waals surface area contributed by atoms with Crippen LogP contribution in [-0.4, -0.2) is 41.0 Å². The van der Waals surface area contributed by atoms with Crippen LogP contribution in [0.15, 0.2) is 6.07 Å². The fraction of sp³-hybridized carbons (Fsp3) is 0.619. The first-order chi connectivity index (χ1) is 14.3. The number of hydrogen-bond donors (Lipinski definition) is 2. The Bertz CT molecular complexity index is 842. The fourth-order valence-electron chi connectivity index (χ4n) is 3.98. The maximum Gasteiger partial charge on any atom is 0.348 e. The Labute approximate surface area is 180 Å². The molecule has 0 bridgehead atoms. The van der Waals surface area contributed by atoms with Gasteiger partial charge in [-0.15, -0.1) is 11.3 Å². The van der Waals surface area contributed by atoms with Gasteiger partial charge in [0, 0.05) is 4.88 Å². The van der Waals surface area contributed by atoms with Crippen molar-refractivity contribution in [3.63, 3.8) is 0 Å². The van der Waals surface area contributed by atoms with Crippen LogP contribution in [0.5, 0.6) is 0 Å². The zero-order chi connectivity index (χ0) is 21.9. The minimum absolute atomic E-state index is 0.450. The second kappa shape index (κ2) is 9.16. The van der Waals surface area contributed by atoms with Gasteiger partial charge in [-0.2, -0.15) is 5.01 Å². The van der Waals surface area contributed by atoms with Gasteiger partial charge in [-0.05, 0) is 56.1 Å². The number of thiophene rings is 1. The number of carbonyl (C=O) groups is 4. The second-order valence-electron chi connectivity index (χ2n) is 8.11. The first kappa shape index (κ1) is 22.3. The van der Waals surface area contributed by atoms with Gasteiger partial charge in [-0.25, -0.2) is 9.59 Å². The zero-order valence-electron chi connectivity index (χ0n) is 17.7. The average molecular weight is 436 g/mol. The Kier molecular flexibility index (Phi) is 6.80. The smallest absolute Gasteiger partial charge is 0.348 e. The van der Waals surface area contributed by atoms with Crippen LogP contribution in [0.25, 0.3) is 0 Å². The van der Waals surface area contributed by atoms with E-state index in [0.717, 1.165) is 42.5 Å². The van der Waals surface area contributed by atoms with Gasteiger partial charge in [0.15, 0.2) is 6.61 Å². The van der Waals surface area contributed by atoms with E-state index in [1.807, 2.05) is 6.92 Å². The number of aryl methyl sites for hydroxylation is 2. The van der Waals surface area contributed by atoms with E-state index in [0.29, 0.717) is 28.6 Å². The molecule has 0 atom stereocenters. The number of nitrogens with one attached hydrogen (secondary N) is 2. The summed E-state index contributed by atoms with van der Waals surface area (Å²) in [6.45, 7) is 5.66. The first-order valence-electron chi connectivity index (χ1n) is 10.5. The van der Waals surface area contributed by atoms with Crippen LogP contribution < -0.4 is 10.7 Å². The quantitative estimate of drug-likeness (QED) is 0.506. The van der Waals surface area contributed by atoms with Crippen molar-refractivity contribution in [2.75, 3.05) is 6.61 Å². The predicted octanol–water partition coefficient (Wildman–Crippen LogP) is 2.95. The highest BCUT2D eigenvalue weighted by atomic mass is 32.1. The zero-order valence-corrected chi connectivity index (χ0v) is 18.5. The molecule has 1 aliphatic carbocycles. The van der Waals surface area contributed by atoms with Gasteiger partial charge < -0.3 is 10.1 Å². The number of imide groups is 1. The lowest BCUT2D eigenvalue weighted by Crippen LogP contribution is -2.52. The largest absolute Gasteiger partial charge is 0.451 e. The number of carbonyl (C=O) groups excluding carboxylic acids is 4. The molecule has 1 aromatic rings. The Morgan fingerprint density at radius 3 is 2.63 bits per heavy atom. The minimum Gasteiger partial charge on any atom is -0.451 e. The molecule has 30 heavy (non-hydrogen) atoms. The summed E-state index contributed by atoms with van der Waals surface area (Å²) in [5, 5.41) is 3.44. The molecule has 2 aliphatic rings. The molecule has 9 heteroatoms. The molecule has 1 aliphatic heterocycles. The highest BCUT2D eigenvalue weighted by Gasteiger charge is 2.52. The van der Waals surface area contributed by atoms with Crippen molar-refractivity contribution >= 4 is 35.2 Å². The standard InChI is InChI=1S/C21H29N3O5S/c1-4-6-15-14(5-2)11-16(30-15)18(26)29-12-17(25)23-24-19(27)21(22-20(24)28)9-7-13(3)8-10-21/h11,13H,4-10,12H2,1-3H3,(H,22,28)(H,23,25). The molecule has 0 aromatic carbocycles. The monoisotopic (exact) mass is 435 g/mol. The third kappa shape index (κ3) is 4.50. The van der Waals surface area contributed by atoms with Crippen molar-refractivity contribution in [1.82, 2.24) is 15.8 Å². The summed E-state index contributed by atoms with van der Waals surface area (Å²) in [6.07, 6.45) is 5.49. The van der Waals surface area contributed by atoms with Gasteiger partial charge in [0.05, 0.1) is 0 Å². The van der Waals surface area contributed by atoms with Crippen LogP contribution in [0.4, 0.5) is 4.79 Å². The molecule has 3 rings (SSSR count). The molecular formula is C21H29N3O5S. The van der Waals surface area contributed by atoms with E-state index in [-0.39, 0.29) is 0 Å². The van der Waals surface area contributed by atoms with Crippen molar-refractivity contribution in [3.05, 3.63) is 21.4 Å². The van der Waals surface area contributed by atoms with Crippen LogP contribution in [-0.2, 0) is 27.2 Å². The summed E-state index contributed by atoms with van der Waals surface area (Å²) < 4.78 is 5.10. The topological polar surface area (TPSA) is 105 Å². The summed E-state index contributed by atoms with van der Waals surface area (Å²) in [6, 6.07) is 1.16. The summed E-state index contributed by atoms with van der Waals surface area (Å²) in [5.74, 6) is -1.25. The molecule has 1 spiro atoms. The van der Waals surface area contributed by atoms with Crippen molar-refractivity contribution < 1.29 is 23.9 Å². The molecular weight excluding hydrogens is 406 g/mol. The van der Waals surface area contributed by atoms with Crippen molar-refractivity contribution in [2.45, 2.75) is 71.3 Å². The number of nitrogens with zero attached hydrogens (tertiary/aromatic N) is 1. The summed E-state index contributed by atoms with van der Waals surface area (Å²) >= 11 is 1.38. The highest BCUT2D eigenvalue weighted by molar-refractivity contribution is 7.14. The number of amides is 4. The van der Waals surface area contributed by atoms with Crippen molar-refractivity contribution in [2.24, 2.45) is 5.92 Å². The normalized spacial score (nSPS) is 23.6. The molecule has 2 N–H and O–H groups in total. The SMILES string of the molecule is CCCc1sc(C(=O)OCC(=O)NN2C(=O)NC3(CCC(C)CC3)C2=O)cc1CC. The molecule has 4 amide bonds. The third-order valence-electron chi connectivity index (χ3n) is 5.82. The second-order valence-corrected chi connectivity index (χ2v) is 9.25. The lowest BCUT2D eigenvalue weighted by Gasteiger charge is -2.33. The Balaban J connectivity index is 1.55. The summed E-state index contributed by atoms with van der Waals surface area (Å²) in [5.41, 5.74) is 2.46. The van der Waals surface area contributed by atoms with Crippen LogP contribution in [0.3, 0.4) is 0 Å². The average Bonchev–Trinajstić information content (AvgIpc) is 3.23. The fourth-order valence-corrected chi connectivity index (χ4v) is 5.23. The molecule has 2 heterocycles. The van der Waals surface area contributed by atoms with Gasteiger partial charge in [-0.1, -0.05) is 27.2 Å². The Morgan fingerprint density at radius 1 is 1.30 bits per heavy atom. The molecule has 1 saturated heterocycles. The van der Waals surface area contributed by atoms with Crippen molar-refractivity contribution in [3.8, 4) is 0 Å². The van der Waals surface area contributed by atoms with E-state index < -0.39 is 36.0 Å². The summed E-state index contributed by atoms with van der Waals surface area (Å²) in [7, 11) is 0. The van der Waals surface area contributed by atoms with Gasteiger partial charge in [0.2, 0.25) is 0 Å². The molecule has 8 nitrogen and oxygen atoms in total. The lowest BCUT2D eigenvalue weighted by atomic mass is 9.77. The molecule has 164 valence electrons. The summed E-state index contributed by atoms with van der Waals surface area (Å²) in [4.78, 5) is 51.1. The Hall–Kier alpha value is -2.42. The lowest BCUT2D eigenvalue weighted by molar-refractivity contribution is -0.141. The van der Waals surface area contributed by atoms with E-state index >= 15 is 0 Å². The van der Waals surface area contributed by atoms with Gasteiger partial charge in [0.1, 0.15) is 10.4 Å². The molecule has 1 saturated carbocycles. The first-order valence-corrected chi connectivity index (χ1v) is 11.4. The van der Waals surface area contributed by atoms with Gasteiger partial charge in [0.25, 0.3) is 11.8 Å². The van der Waals surface area contributed by atoms with Crippen LogP contribution in [0, 0.1) is 5.92 Å². The van der Waals surface area contributed by atoms with Crippen LogP contribution in [0.1, 0.15) is 73.0 Å². The minimum atomic E-state index is -0.934. The van der Waals surface area contributed by atoms with Gasteiger partial charge in [-0.3, -0.25) is 15.0 Å². The van der Waals surface area contributed by atoms with E-state index in [4.69, 9.17) is 4.74 Å². The van der Waals surface area contributed by atoms with Crippen LogP contribution in [0.2, 0.25) is 0 Å². The third-order valence-corrected chi connectivity index (χ3v) is 7.03. The number of ether oxygens (including phenoxy) is 1. The molecule has 1 aromatic heterocycles. The van der Waals surface area contributed by atoms with Crippen LogP contribution >= 0.6 is 11.3 Å². The molecule has 0 unspecified atom stereocenters. The van der Waals surface area contributed by atoms with E-state index in [1.54, 1.807) is 6.07 Å². The molecule has 2 fully saturated rings. The number of hydrazine groups is 1. The predicted molar refractivity (Wildman–Crippen MR) is 112 cm³/mol. The van der Waals surface area contributed by atoms with E-state index in [9.17, 15) is 19.2 Å². The number of esters is 1. The number of rotatable bonds is 7. The maximum absolute atomic E-state index is 12.8. The highest BCUT2D eigenvalue weighted by Crippen LogP contribution is 2.35. The number of hydrogen-bond acceptors (Lipinski definition) is 6. The van der Waals surface area contributed by atoms with E-state index in [2.05, 4.69) is 24.6 Å². The van der Waals surface area contributed by atoms with Gasteiger partial charge >= 0.3 is 12.0 Å². The molecule has 0 radical (unpaired) electrons. The van der Waals surface area contributed by atoms with E-state index in [1.165, 1.54) is 11.3 Å². The van der Waals surface area contributed by atoms with Crippen molar-refractivity contribution in [1.29, 1.82) is 0 Å². The Morgan fingerprint density at radius 2 is 2.00 bits per heavy atom.